The molecule has 0 unspecified atom stereocenters. The lowest BCUT2D eigenvalue weighted by Crippen LogP contribution is -2.31. The number of esters is 1. The van der Waals surface area contributed by atoms with E-state index in [1.54, 1.807) is 18.2 Å². The van der Waals surface area contributed by atoms with Crippen molar-refractivity contribution >= 4 is 44.9 Å². The van der Waals surface area contributed by atoms with Gasteiger partial charge in [-0.2, -0.15) is 0 Å². The molecule has 0 saturated carbocycles. The second-order valence-electron chi connectivity index (χ2n) is 5.57. The number of rotatable bonds is 5. The summed E-state index contributed by atoms with van der Waals surface area (Å²) in [6.07, 6.45) is 0. The van der Waals surface area contributed by atoms with Crippen molar-refractivity contribution in [3.05, 3.63) is 70.1 Å². The number of hydrogen-bond acceptors (Lipinski definition) is 4. The topological polar surface area (TPSA) is 55.4 Å². The van der Waals surface area contributed by atoms with E-state index in [1.165, 1.54) is 11.3 Å². The van der Waals surface area contributed by atoms with Crippen LogP contribution in [-0.4, -0.2) is 18.5 Å². The molecule has 1 heterocycles. The standard InChI is InChI=1S/C19H16ClNO3S/c1-12(13-6-4-7-15(20)9-13)21-18(22)11-24-19(23)17-10-14-5-2-3-8-16(14)25-17/h2-10,12H,11H2,1H3,(H,21,22)/t12-/m0/s1. The third kappa shape index (κ3) is 4.38. The largest absolute Gasteiger partial charge is 0.451 e. The van der Waals surface area contributed by atoms with Crippen molar-refractivity contribution in [1.29, 1.82) is 0 Å². The molecule has 2 aromatic carbocycles. The molecule has 3 rings (SSSR count). The fourth-order valence-corrected chi connectivity index (χ4v) is 3.58. The quantitative estimate of drug-likeness (QED) is 0.665. The maximum Gasteiger partial charge on any atom is 0.348 e. The molecule has 0 aliphatic rings. The van der Waals surface area contributed by atoms with E-state index in [1.807, 2.05) is 43.3 Å². The summed E-state index contributed by atoms with van der Waals surface area (Å²) in [6.45, 7) is 1.52. The second kappa shape index (κ2) is 7.68. The lowest BCUT2D eigenvalue weighted by atomic mass is 10.1. The van der Waals surface area contributed by atoms with Crippen LogP contribution in [0.2, 0.25) is 5.02 Å². The molecule has 128 valence electrons. The summed E-state index contributed by atoms with van der Waals surface area (Å²) in [5.41, 5.74) is 0.886. The number of nitrogens with one attached hydrogen (secondary N) is 1. The molecule has 3 aromatic rings. The van der Waals surface area contributed by atoms with Crippen LogP contribution in [0.15, 0.2) is 54.6 Å². The zero-order chi connectivity index (χ0) is 17.8. The number of carbonyl (C=O) groups is 2. The highest BCUT2D eigenvalue weighted by atomic mass is 35.5. The van der Waals surface area contributed by atoms with Crippen LogP contribution in [0.1, 0.15) is 28.2 Å². The normalized spacial score (nSPS) is 11.9. The average Bonchev–Trinajstić information content (AvgIpc) is 3.04. The van der Waals surface area contributed by atoms with E-state index in [2.05, 4.69) is 5.32 Å². The van der Waals surface area contributed by atoms with Crippen molar-refractivity contribution in [2.75, 3.05) is 6.61 Å². The summed E-state index contributed by atoms with van der Waals surface area (Å²) in [4.78, 5) is 24.6. The van der Waals surface area contributed by atoms with Gasteiger partial charge in [0.1, 0.15) is 4.88 Å². The van der Waals surface area contributed by atoms with Gasteiger partial charge in [-0.15, -0.1) is 11.3 Å². The van der Waals surface area contributed by atoms with Crippen LogP contribution in [0.4, 0.5) is 0 Å². The van der Waals surface area contributed by atoms with E-state index in [0.29, 0.717) is 9.90 Å². The van der Waals surface area contributed by atoms with Crippen molar-refractivity contribution in [3.63, 3.8) is 0 Å². The molecule has 1 atom stereocenters. The van der Waals surface area contributed by atoms with Gasteiger partial charge >= 0.3 is 5.97 Å². The average molecular weight is 374 g/mol. The Kier molecular flexibility index (Phi) is 5.36. The van der Waals surface area contributed by atoms with E-state index in [-0.39, 0.29) is 18.6 Å². The molecule has 0 fully saturated rings. The molecule has 0 bridgehead atoms. The van der Waals surface area contributed by atoms with Gasteiger partial charge in [0.05, 0.1) is 6.04 Å². The molecule has 6 heteroatoms. The Balaban J connectivity index is 1.55. The smallest absolute Gasteiger partial charge is 0.348 e. The lowest BCUT2D eigenvalue weighted by molar-refractivity contribution is -0.124. The molecule has 1 amide bonds. The predicted molar refractivity (Wildman–Crippen MR) is 100 cm³/mol. The van der Waals surface area contributed by atoms with Crippen LogP contribution in [0, 0.1) is 0 Å². The SMILES string of the molecule is C[C@H](NC(=O)COC(=O)c1cc2ccccc2s1)c1cccc(Cl)c1. The zero-order valence-electron chi connectivity index (χ0n) is 13.5. The van der Waals surface area contributed by atoms with Gasteiger partial charge < -0.3 is 10.1 Å². The van der Waals surface area contributed by atoms with Crippen LogP contribution >= 0.6 is 22.9 Å². The van der Waals surface area contributed by atoms with Gasteiger partial charge in [0.25, 0.3) is 5.91 Å². The first-order chi connectivity index (χ1) is 12.0. The van der Waals surface area contributed by atoms with Gasteiger partial charge in [0.2, 0.25) is 0 Å². The van der Waals surface area contributed by atoms with Gasteiger partial charge in [0, 0.05) is 9.72 Å². The Hall–Kier alpha value is -2.37. The molecular formula is C19H16ClNO3S. The fourth-order valence-electron chi connectivity index (χ4n) is 2.43. The van der Waals surface area contributed by atoms with Gasteiger partial charge in [-0.1, -0.05) is 41.9 Å². The third-order valence-corrected chi connectivity index (χ3v) is 5.02. The van der Waals surface area contributed by atoms with E-state index in [4.69, 9.17) is 16.3 Å². The Morgan fingerprint density at radius 2 is 1.96 bits per heavy atom. The van der Waals surface area contributed by atoms with Gasteiger partial charge in [-0.25, -0.2) is 4.79 Å². The molecule has 0 aliphatic carbocycles. The highest BCUT2D eigenvalue weighted by molar-refractivity contribution is 7.20. The number of halogens is 1. The molecule has 25 heavy (non-hydrogen) atoms. The summed E-state index contributed by atoms with van der Waals surface area (Å²) in [7, 11) is 0. The van der Waals surface area contributed by atoms with Crippen LogP contribution in [0.3, 0.4) is 0 Å². The van der Waals surface area contributed by atoms with Gasteiger partial charge in [-0.05, 0) is 42.1 Å². The van der Waals surface area contributed by atoms with Crippen molar-refractivity contribution in [2.24, 2.45) is 0 Å². The van der Waals surface area contributed by atoms with E-state index < -0.39 is 5.97 Å². The monoisotopic (exact) mass is 373 g/mol. The Morgan fingerprint density at radius 1 is 1.16 bits per heavy atom. The first-order valence-electron chi connectivity index (χ1n) is 7.73. The predicted octanol–water partition coefficient (Wildman–Crippen LogP) is 4.59. The second-order valence-corrected chi connectivity index (χ2v) is 7.09. The Morgan fingerprint density at radius 3 is 2.72 bits per heavy atom. The summed E-state index contributed by atoms with van der Waals surface area (Å²) in [5.74, 6) is -0.853. The third-order valence-electron chi connectivity index (χ3n) is 3.69. The number of thiophene rings is 1. The molecule has 0 aliphatic heterocycles. The minimum Gasteiger partial charge on any atom is -0.451 e. The highest BCUT2D eigenvalue weighted by Gasteiger charge is 2.15. The van der Waals surface area contributed by atoms with E-state index in [9.17, 15) is 9.59 Å². The molecule has 1 aromatic heterocycles. The van der Waals surface area contributed by atoms with Crippen LogP contribution in [-0.2, 0) is 9.53 Å². The maximum absolute atomic E-state index is 12.1. The first-order valence-corrected chi connectivity index (χ1v) is 8.93. The molecule has 0 saturated heterocycles. The summed E-state index contributed by atoms with van der Waals surface area (Å²) < 4.78 is 6.12. The minimum atomic E-state index is -0.494. The van der Waals surface area contributed by atoms with Gasteiger partial charge in [-0.3, -0.25) is 4.79 Å². The maximum atomic E-state index is 12.1. The first kappa shape index (κ1) is 17.5. The van der Waals surface area contributed by atoms with Crippen molar-refractivity contribution in [3.8, 4) is 0 Å². The van der Waals surface area contributed by atoms with E-state index in [0.717, 1.165) is 15.6 Å². The van der Waals surface area contributed by atoms with Crippen LogP contribution in [0.25, 0.3) is 10.1 Å². The molecule has 1 N–H and O–H groups in total. The van der Waals surface area contributed by atoms with Gasteiger partial charge in [0.15, 0.2) is 6.61 Å². The van der Waals surface area contributed by atoms with Crippen molar-refractivity contribution in [1.82, 2.24) is 5.32 Å². The number of carbonyl (C=O) groups excluding carboxylic acids is 2. The number of ether oxygens (including phenoxy) is 1. The molecular weight excluding hydrogens is 358 g/mol. The lowest BCUT2D eigenvalue weighted by Gasteiger charge is -2.14. The fraction of sp³-hybridized carbons (Fsp3) is 0.158. The minimum absolute atomic E-state index is 0.228. The number of hydrogen-bond donors (Lipinski definition) is 1. The van der Waals surface area contributed by atoms with Crippen molar-refractivity contribution < 1.29 is 14.3 Å². The summed E-state index contributed by atoms with van der Waals surface area (Å²) in [5, 5.41) is 4.38. The molecule has 0 radical (unpaired) electrons. The Bertz CT molecular complexity index is 889. The summed E-state index contributed by atoms with van der Waals surface area (Å²) >= 11 is 7.30. The number of fused-ring (bicyclic) bond motifs is 1. The number of amides is 1. The van der Waals surface area contributed by atoms with Crippen LogP contribution in [0.5, 0.6) is 0 Å². The van der Waals surface area contributed by atoms with Crippen molar-refractivity contribution in [2.45, 2.75) is 13.0 Å². The summed E-state index contributed by atoms with van der Waals surface area (Å²) in [6, 6.07) is 16.5. The highest BCUT2D eigenvalue weighted by Crippen LogP contribution is 2.25. The number of benzene rings is 2. The molecule has 0 spiro atoms. The zero-order valence-corrected chi connectivity index (χ0v) is 15.1. The van der Waals surface area contributed by atoms with E-state index >= 15 is 0 Å². The Labute approximate surface area is 154 Å². The molecule has 4 nitrogen and oxygen atoms in total. The van der Waals surface area contributed by atoms with Crippen LogP contribution < -0.4 is 5.32 Å².